The van der Waals surface area contributed by atoms with Crippen molar-refractivity contribution < 1.29 is 13.2 Å². The van der Waals surface area contributed by atoms with Crippen molar-refractivity contribution in [2.75, 3.05) is 37.6 Å². The summed E-state index contributed by atoms with van der Waals surface area (Å²) in [5.41, 5.74) is 7.90. The number of hydrogen-bond donors (Lipinski definition) is 1. The first-order valence-electron chi connectivity index (χ1n) is 6.85. The Morgan fingerprint density at radius 1 is 1.24 bits per heavy atom. The standard InChI is InChI=1S/C14H19BrF3N3/c1-10(19)12-3-2-11(8-13(12)15)21-6-4-20(5-7-21)9-14(16,17)18/h2-3,8,10H,4-7,9,19H2,1H3. The molecule has 0 aliphatic carbocycles. The molecule has 0 radical (unpaired) electrons. The summed E-state index contributed by atoms with van der Waals surface area (Å²) in [6.45, 7) is 3.13. The van der Waals surface area contributed by atoms with E-state index in [1.165, 1.54) is 4.90 Å². The molecular formula is C14H19BrF3N3. The highest BCUT2D eigenvalue weighted by molar-refractivity contribution is 9.10. The van der Waals surface area contributed by atoms with Crippen LogP contribution in [-0.4, -0.2) is 43.8 Å². The van der Waals surface area contributed by atoms with Gasteiger partial charge in [-0.2, -0.15) is 13.2 Å². The minimum Gasteiger partial charge on any atom is -0.369 e. The molecule has 0 bridgehead atoms. The molecule has 1 fully saturated rings. The second-order valence-corrected chi connectivity index (χ2v) is 6.23. The van der Waals surface area contributed by atoms with Gasteiger partial charge in [-0.3, -0.25) is 4.90 Å². The number of rotatable bonds is 3. The van der Waals surface area contributed by atoms with E-state index in [9.17, 15) is 13.2 Å². The highest BCUT2D eigenvalue weighted by Crippen LogP contribution is 2.28. The van der Waals surface area contributed by atoms with Crippen LogP contribution < -0.4 is 10.6 Å². The number of hydrogen-bond acceptors (Lipinski definition) is 3. The van der Waals surface area contributed by atoms with Crippen molar-refractivity contribution in [3.05, 3.63) is 28.2 Å². The van der Waals surface area contributed by atoms with E-state index in [2.05, 4.69) is 20.8 Å². The van der Waals surface area contributed by atoms with Gasteiger partial charge >= 0.3 is 6.18 Å². The molecule has 2 rings (SSSR count). The van der Waals surface area contributed by atoms with E-state index in [4.69, 9.17) is 5.73 Å². The largest absolute Gasteiger partial charge is 0.401 e. The molecule has 2 N–H and O–H groups in total. The number of halogens is 4. The van der Waals surface area contributed by atoms with Crippen molar-refractivity contribution in [3.8, 4) is 0 Å². The summed E-state index contributed by atoms with van der Waals surface area (Å²) in [5, 5.41) is 0. The molecule has 0 spiro atoms. The summed E-state index contributed by atoms with van der Waals surface area (Å²) in [6, 6.07) is 5.87. The Kier molecular flexibility index (Phi) is 5.16. The monoisotopic (exact) mass is 365 g/mol. The summed E-state index contributed by atoms with van der Waals surface area (Å²) in [7, 11) is 0. The summed E-state index contributed by atoms with van der Waals surface area (Å²) < 4.78 is 38.0. The van der Waals surface area contributed by atoms with Gasteiger partial charge in [0, 0.05) is 42.4 Å². The Bertz CT molecular complexity index is 483. The highest BCUT2D eigenvalue weighted by atomic mass is 79.9. The van der Waals surface area contributed by atoms with Gasteiger partial charge in [0.25, 0.3) is 0 Å². The van der Waals surface area contributed by atoms with Gasteiger partial charge in [-0.1, -0.05) is 22.0 Å². The van der Waals surface area contributed by atoms with Crippen LogP contribution in [0.25, 0.3) is 0 Å². The van der Waals surface area contributed by atoms with Crippen LogP contribution >= 0.6 is 15.9 Å². The Labute approximate surface area is 131 Å². The van der Waals surface area contributed by atoms with Crippen molar-refractivity contribution >= 4 is 21.6 Å². The minimum absolute atomic E-state index is 0.0583. The molecule has 0 amide bonds. The van der Waals surface area contributed by atoms with Gasteiger partial charge in [-0.25, -0.2) is 0 Å². The van der Waals surface area contributed by atoms with Gasteiger partial charge in [0.15, 0.2) is 0 Å². The Morgan fingerprint density at radius 3 is 2.33 bits per heavy atom. The van der Waals surface area contributed by atoms with Crippen molar-refractivity contribution in [1.82, 2.24) is 4.90 Å². The summed E-state index contributed by atoms with van der Waals surface area (Å²) in [4.78, 5) is 3.55. The summed E-state index contributed by atoms with van der Waals surface area (Å²) in [6.07, 6.45) is -4.12. The Hall–Kier alpha value is -0.790. The molecular weight excluding hydrogens is 347 g/mol. The molecule has 1 aromatic carbocycles. The molecule has 1 aromatic rings. The van der Waals surface area contributed by atoms with Crippen molar-refractivity contribution in [3.63, 3.8) is 0 Å². The molecule has 1 unspecified atom stereocenters. The molecule has 3 nitrogen and oxygen atoms in total. The lowest BCUT2D eigenvalue weighted by molar-refractivity contribution is -0.146. The van der Waals surface area contributed by atoms with Crippen LogP contribution in [0.5, 0.6) is 0 Å². The maximum atomic E-state index is 12.4. The van der Waals surface area contributed by atoms with Gasteiger partial charge in [0.1, 0.15) is 0 Å². The minimum atomic E-state index is -4.12. The van der Waals surface area contributed by atoms with Crippen LogP contribution in [0.15, 0.2) is 22.7 Å². The van der Waals surface area contributed by atoms with Crippen molar-refractivity contribution in [1.29, 1.82) is 0 Å². The van der Waals surface area contributed by atoms with E-state index >= 15 is 0 Å². The summed E-state index contributed by atoms with van der Waals surface area (Å²) >= 11 is 3.50. The van der Waals surface area contributed by atoms with Gasteiger partial charge in [-0.05, 0) is 24.6 Å². The highest BCUT2D eigenvalue weighted by Gasteiger charge is 2.32. The van der Waals surface area contributed by atoms with E-state index in [-0.39, 0.29) is 6.04 Å². The Morgan fingerprint density at radius 2 is 1.86 bits per heavy atom. The van der Waals surface area contributed by atoms with Crippen LogP contribution in [0.2, 0.25) is 0 Å². The van der Waals surface area contributed by atoms with Crippen LogP contribution in [0.1, 0.15) is 18.5 Å². The second-order valence-electron chi connectivity index (χ2n) is 5.37. The van der Waals surface area contributed by atoms with Gasteiger partial charge in [-0.15, -0.1) is 0 Å². The normalized spacial score (nSPS) is 18.9. The smallest absolute Gasteiger partial charge is 0.369 e. The maximum Gasteiger partial charge on any atom is 0.401 e. The van der Waals surface area contributed by atoms with Crippen molar-refractivity contribution in [2.45, 2.75) is 19.1 Å². The molecule has 1 saturated heterocycles. The van der Waals surface area contributed by atoms with E-state index in [1.54, 1.807) is 0 Å². The predicted octanol–water partition coefficient (Wildman–Crippen LogP) is 3.15. The number of benzene rings is 1. The Balaban J connectivity index is 1.98. The fourth-order valence-electron chi connectivity index (χ4n) is 2.50. The fourth-order valence-corrected chi connectivity index (χ4v) is 3.23. The zero-order chi connectivity index (χ0) is 15.6. The third-order valence-corrected chi connectivity index (χ3v) is 4.30. The first kappa shape index (κ1) is 16.6. The molecule has 1 aliphatic rings. The topological polar surface area (TPSA) is 32.5 Å². The lowest BCUT2D eigenvalue weighted by Gasteiger charge is -2.36. The zero-order valence-electron chi connectivity index (χ0n) is 11.8. The molecule has 7 heteroatoms. The lowest BCUT2D eigenvalue weighted by Crippen LogP contribution is -2.49. The molecule has 1 aliphatic heterocycles. The average Bonchev–Trinajstić information content (AvgIpc) is 2.37. The van der Waals surface area contributed by atoms with Crippen molar-refractivity contribution in [2.24, 2.45) is 5.73 Å². The van der Waals surface area contributed by atoms with Crippen LogP contribution in [0, 0.1) is 0 Å². The molecule has 21 heavy (non-hydrogen) atoms. The first-order valence-corrected chi connectivity index (χ1v) is 7.64. The molecule has 0 saturated carbocycles. The number of nitrogens with two attached hydrogens (primary N) is 1. The zero-order valence-corrected chi connectivity index (χ0v) is 13.4. The SMILES string of the molecule is CC(N)c1ccc(N2CCN(CC(F)(F)F)CC2)cc1Br. The fraction of sp³-hybridized carbons (Fsp3) is 0.571. The average molecular weight is 366 g/mol. The van der Waals surface area contributed by atoms with Crippen LogP contribution in [0.3, 0.4) is 0 Å². The molecule has 1 atom stereocenters. The summed E-state index contributed by atoms with van der Waals surface area (Å²) in [5.74, 6) is 0. The van der Waals surface area contributed by atoms with Crippen LogP contribution in [0.4, 0.5) is 18.9 Å². The third kappa shape index (κ3) is 4.59. The molecule has 0 aromatic heterocycles. The molecule has 118 valence electrons. The number of anilines is 1. The van der Waals surface area contributed by atoms with E-state index in [0.29, 0.717) is 26.2 Å². The number of alkyl halides is 3. The van der Waals surface area contributed by atoms with E-state index in [1.807, 2.05) is 25.1 Å². The predicted molar refractivity (Wildman–Crippen MR) is 81.5 cm³/mol. The number of piperazine rings is 1. The van der Waals surface area contributed by atoms with Gasteiger partial charge in [0.2, 0.25) is 0 Å². The third-order valence-electron chi connectivity index (χ3n) is 3.61. The second kappa shape index (κ2) is 6.54. The molecule has 1 heterocycles. The first-order chi connectivity index (χ1) is 9.76. The quantitative estimate of drug-likeness (QED) is 0.892. The lowest BCUT2D eigenvalue weighted by atomic mass is 10.1. The maximum absolute atomic E-state index is 12.4. The van der Waals surface area contributed by atoms with E-state index < -0.39 is 12.7 Å². The van der Waals surface area contributed by atoms with Crippen LogP contribution in [-0.2, 0) is 0 Å². The van der Waals surface area contributed by atoms with Gasteiger partial charge < -0.3 is 10.6 Å². The number of nitrogens with zero attached hydrogens (tertiary/aromatic N) is 2. The van der Waals surface area contributed by atoms with Gasteiger partial charge in [0.05, 0.1) is 6.54 Å². The van der Waals surface area contributed by atoms with E-state index in [0.717, 1.165) is 15.7 Å².